The zero-order valence-electron chi connectivity index (χ0n) is 10.2. The Kier molecular flexibility index (Phi) is 3.94. The van der Waals surface area contributed by atoms with Gasteiger partial charge in [-0.2, -0.15) is 0 Å². The molecule has 0 spiro atoms. The Hall–Kier alpha value is -1.88. The monoisotopic (exact) mass is 248 g/mol. The van der Waals surface area contributed by atoms with Crippen molar-refractivity contribution >= 4 is 11.6 Å². The summed E-state index contributed by atoms with van der Waals surface area (Å²) in [6.07, 6.45) is -0.709. The molecule has 1 heterocycles. The van der Waals surface area contributed by atoms with Gasteiger partial charge < -0.3 is 15.3 Å². The zero-order chi connectivity index (χ0) is 13.0. The summed E-state index contributed by atoms with van der Waals surface area (Å²) in [5.41, 5.74) is 1.73. The van der Waals surface area contributed by atoms with Crippen molar-refractivity contribution in [2.75, 3.05) is 6.54 Å². The first-order valence-corrected chi connectivity index (χ1v) is 5.90. The maximum absolute atomic E-state index is 11.7. The lowest BCUT2D eigenvalue weighted by molar-refractivity contribution is -0.131. The number of nitrogens with zero attached hydrogens (tertiary/aromatic N) is 1. The van der Waals surface area contributed by atoms with Gasteiger partial charge >= 0.3 is 0 Å². The molecule has 5 nitrogen and oxygen atoms in total. The van der Waals surface area contributed by atoms with Crippen molar-refractivity contribution in [3.05, 3.63) is 35.9 Å². The number of hydrogen-bond acceptors (Lipinski definition) is 4. The molecule has 5 heteroatoms. The average molecular weight is 248 g/mol. The first-order chi connectivity index (χ1) is 8.66. The molecule has 0 aromatic heterocycles. The maximum atomic E-state index is 11.7. The van der Waals surface area contributed by atoms with Crippen LogP contribution in [0.1, 0.15) is 18.9 Å². The Morgan fingerprint density at radius 3 is 2.94 bits per heavy atom. The van der Waals surface area contributed by atoms with Gasteiger partial charge in [-0.05, 0) is 12.5 Å². The highest BCUT2D eigenvalue weighted by Gasteiger charge is 2.28. The van der Waals surface area contributed by atoms with Gasteiger partial charge in [0.1, 0.15) is 0 Å². The van der Waals surface area contributed by atoms with Crippen molar-refractivity contribution in [1.82, 2.24) is 5.32 Å². The van der Waals surface area contributed by atoms with Crippen molar-refractivity contribution in [3.63, 3.8) is 0 Å². The third-order valence-corrected chi connectivity index (χ3v) is 2.64. The molecule has 2 atom stereocenters. The van der Waals surface area contributed by atoms with E-state index < -0.39 is 12.2 Å². The normalized spacial score (nSPS) is 19.9. The lowest BCUT2D eigenvalue weighted by atomic mass is 10.0. The molecule has 0 saturated heterocycles. The van der Waals surface area contributed by atoms with E-state index in [9.17, 15) is 4.79 Å². The topological polar surface area (TPSA) is 70.9 Å². The number of carbonyl (C=O) groups is 1. The van der Waals surface area contributed by atoms with E-state index in [-0.39, 0.29) is 12.5 Å². The van der Waals surface area contributed by atoms with E-state index in [1.165, 1.54) is 0 Å². The standard InChI is InChI=1S/C13H16N2O3/c1-9(16)8-14-13(17)12-7-11(15-18-12)10-5-3-2-4-6-10/h2-6,9,12,16H,7-8H2,1H3,(H,14,17)/t9-,12?/m0/s1. The third kappa shape index (κ3) is 3.07. The summed E-state index contributed by atoms with van der Waals surface area (Å²) >= 11 is 0. The van der Waals surface area contributed by atoms with Gasteiger partial charge in [-0.25, -0.2) is 0 Å². The van der Waals surface area contributed by atoms with Gasteiger partial charge in [0.2, 0.25) is 6.10 Å². The SMILES string of the molecule is C[C@H](O)CNC(=O)C1CC(c2ccccc2)=NO1. The summed E-state index contributed by atoms with van der Waals surface area (Å²) < 4.78 is 0. The number of benzene rings is 1. The maximum Gasteiger partial charge on any atom is 0.264 e. The largest absolute Gasteiger partial charge is 0.392 e. The highest BCUT2D eigenvalue weighted by atomic mass is 16.6. The number of carbonyl (C=O) groups excluding carboxylic acids is 1. The molecule has 96 valence electrons. The second kappa shape index (κ2) is 5.64. The molecule has 1 unspecified atom stereocenters. The summed E-state index contributed by atoms with van der Waals surface area (Å²) in [6.45, 7) is 1.83. The Balaban J connectivity index is 1.89. The molecule has 1 aromatic carbocycles. The zero-order valence-corrected chi connectivity index (χ0v) is 10.2. The van der Waals surface area contributed by atoms with Gasteiger partial charge in [-0.3, -0.25) is 4.79 Å². The van der Waals surface area contributed by atoms with Crippen molar-refractivity contribution in [1.29, 1.82) is 0 Å². The lowest BCUT2D eigenvalue weighted by Crippen LogP contribution is -2.38. The minimum absolute atomic E-state index is 0.222. The van der Waals surface area contributed by atoms with Gasteiger partial charge in [0.15, 0.2) is 0 Å². The molecule has 18 heavy (non-hydrogen) atoms. The number of aliphatic hydroxyl groups is 1. The average Bonchev–Trinajstić information content (AvgIpc) is 2.86. The second-order valence-corrected chi connectivity index (χ2v) is 4.30. The number of amides is 1. The van der Waals surface area contributed by atoms with Crippen LogP contribution in [0.25, 0.3) is 0 Å². The summed E-state index contributed by atoms with van der Waals surface area (Å²) in [4.78, 5) is 16.8. The van der Waals surface area contributed by atoms with Crippen LogP contribution in [0.2, 0.25) is 0 Å². The molecule has 0 fully saturated rings. The van der Waals surface area contributed by atoms with Gasteiger partial charge in [-0.15, -0.1) is 0 Å². The van der Waals surface area contributed by atoms with Crippen LogP contribution in [0.5, 0.6) is 0 Å². The van der Waals surface area contributed by atoms with Crippen molar-refractivity contribution in [2.24, 2.45) is 5.16 Å². The van der Waals surface area contributed by atoms with E-state index in [4.69, 9.17) is 9.94 Å². The fourth-order valence-electron chi connectivity index (χ4n) is 1.68. The smallest absolute Gasteiger partial charge is 0.264 e. The molecule has 2 rings (SSSR count). The Bertz CT molecular complexity index is 443. The number of rotatable bonds is 4. The summed E-state index contributed by atoms with van der Waals surface area (Å²) in [5, 5.41) is 15.6. The Morgan fingerprint density at radius 1 is 1.56 bits per heavy atom. The summed E-state index contributed by atoms with van der Waals surface area (Å²) in [6, 6.07) is 9.61. The molecule has 0 aliphatic carbocycles. The van der Waals surface area contributed by atoms with Crippen LogP contribution in [-0.4, -0.2) is 35.5 Å². The van der Waals surface area contributed by atoms with Gasteiger partial charge in [0.25, 0.3) is 5.91 Å². The molecular formula is C13H16N2O3. The van der Waals surface area contributed by atoms with E-state index in [1.54, 1.807) is 6.92 Å². The van der Waals surface area contributed by atoms with E-state index in [1.807, 2.05) is 30.3 Å². The molecule has 0 radical (unpaired) electrons. The highest BCUT2D eigenvalue weighted by molar-refractivity contribution is 6.04. The molecule has 1 aromatic rings. The molecule has 2 N–H and O–H groups in total. The first kappa shape index (κ1) is 12.6. The molecule has 1 amide bonds. The summed E-state index contributed by atoms with van der Waals surface area (Å²) in [7, 11) is 0. The highest BCUT2D eigenvalue weighted by Crippen LogP contribution is 2.16. The van der Waals surface area contributed by atoms with Crippen LogP contribution in [0.15, 0.2) is 35.5 Å². The van der Waals surface area contributed by atoms with E-state index in [0.29, 0.717) is 6.42 Å². The van der Waals surface area contributed by atoms with Crippen LogP contribution < -0.4 is 5.32 Å². The van der Waals surface area contributed by atoms with E-state index >= 15 is 0 Å². The number of hydrogen-bond donors (Lipinski definition) is 2. The fraction of sp³-hybridized carbons (Fsp3) is 0.385. The van der Waals surface area contributed by atoms with Crippen molar-refractivity contribution in [2.45, 2.75) is 25.6 Å². The molecule has 0 saturated carbocycles. The predicted molar refractivity (Wildman–Crippen MR) is 67.2 cm³/mol. The summed E-state index contributed by atoms with van der Waals surface area (Å²) in [5.74, 6) is -0.245. The van der Waals surface area contributed by atoms with E-state index in [0.717, 1.165) is 11.3 Å². The van der Waals surface area contributed by atoms with Crippen molar-refractivity contribution in [3.8, 4) is 0 Å². The molecule has 1 aliphatic heterocycles. The second-order valence-electron chi connectivity index (χ2n) is 4.30. The fourth-order valence-corrected chi connectivity index (χ4v) is 1.68. The third-order valence-electron chi connectivity index (χ3n) is 2.64. The Labute approximate surface area is 105 Å². The first-order valence-electron chi connectivity index (χ1n) is 5.90. The Morgan fingerprint density at radius 2 is 2.28 bits per heavy atom. The molecule has 0 bridgehead atoms. The quantitative estimate of drug-likeness (QED) is 0.823. The number of nitrogens with one attached hydrogen (secondary N) is 1. The molecule has 1 aliphatic rings. The minimum atomic E-state index is -0.598. The number of oxime groups is 1. The van der Waals surface area contributed by atoms with Gasteiger partial charge in [0, 0.05) is 13.0 Å². The van der Waals surface area contributed by atoms with Crippen LogP contribution in [0.3, 0.4) is 0 Å². The van der Waals surface area contributed by atoms with Gasteiger partial charge in [-0.1, -0.05) is 35.5 Å². The molecular weight excluding hydrogens is 232 g/mol. The van der Waals surface area contributed by atoms with Crippen LogP contribution in [0, 0.1) is 0 Å². The van der Waals surface area contributed by atoms with Crippen LogP contribution in [-0.2, 0) is 9.63 Å². The van der Waals surface area contributed by atoms with Gasteiger partial charge in [0.05, 0.1) is 11.8 Å². The van der Waals surface area contributed by atoms with Crippen LogP contribution in [0.4, 0.5) is 0 Å². The minimum Gasteiger partial charge on any atom is -0.392 e. The van der Waals surface area contributed by atoms with Crippen LogP contribution >= 0.6 is 0 Å². The lowest BCUT2D eigenvalue weighted by Gasteiger charge is -2.10. The number of aliphatic hydroxyl groups excluding tert-OH is 1. The van der Waals surface area contributed by atoms with Crippen molar-refractivity contribution < 1.29 is 14.7 Å². The van der Waals surface area contributed by atoms with E-state index in [2.05, 4.69) is 10.5 Å². The predicted octanol–water partition coefficient (Wildman–Crippen LogP) is 0.677.